The van der Waals surface area contributed by atoms with E-state index in [1.807, 2.05) is 5.38 Å². The third-order valence-corrected chi connectivity index (χ3v) is 4.55. The number of nitrogen functional groups attached to an aromatic ring is 1. The van der Waals surface area contributed by atoms with Crippen molar-refractivity contribution in [2.24, 2.45) is 0 Å². The minimum atomic E-state index is -0.736. The van der Waals surface area contributed by atoms with Gasteiger partial charge in [0, 0.05) is 18.0 Å². The second-order valence-corrected chi connectivity index (χ2v) is 6.10. The van der Waals surface area contributed by atoms with Crippen molar-refractivity contribution in [2.75, 3.05) is 12.3 Å². The van der Waals surface area contributed by atoms with Crippen LogP contribution >= 0.6 is 11.3 Å². The molecule has 10 heteroatoms. The van der Waals surface area contributed by atoms with Crippen molar-refractivity contribution >= 4 is 28.4 Å². The Morgan fingerprint density at radius 3 is 2.96 bits per heavy atom. The summed E-state index contributed by atoms with van der Waals surface area (Å²) in [4.78, 5) is 17.1. The van der Waals surface area contributed by atoms with Gasteiger partial charge >= 0.3 is 0 Å². The van der Waals surface area contributed by atoms with Crippen LogP contribution in [0.5, 0.6) is 0 Å². The summed E-state index contributed by atoms with van der Waals surface area (Å²) < 4.78 is 7.35. The predicted molar refractivity (Wildman–Crippen MR) is 82.5 cm³/mol. The van der Waals surface area contributed by atoms with Crippen LogP contribution in [0.3, 0.4) is 0 Å². The lowest BCUT2D eigenvalue weighted by Crippen LogP contribution is -2.24. The van der Waals surface area contributed by atoms with Gasteiger partial charge in [-0.25, -0.2) is 15.0 Å². The van der Waals surface area contributed by atoms with E-state index in [1.54, 1.807) is 17.1 Å². The fraction of sp³-hybridized carbons (Fsp3) is 0.385. The van der Waals surface area contributed by atoms with Gasteiger partial charge in [0.25, 0.3) is 0 Å². The fourth-order valence-corrected chi connectivity index (χ4v) is 3.31. The van der Waals surface area contributed by atoms with Gasteiger partial charge in [0.2, 0.25) is 5.95 Å². The molecule has 1 aliphatic heterocycles. The number of thiazole rings is 1. The SMILES string of the molecule is Nc1nc(-c2nccs2)c2ncn([C@H]3C[C@H](O)[C@@H](CO)O3)c2n1. The van der Waals surface area contributed by atoms with E-state index in [2.05, 4.69) is 19.9 Å². The molecule has 1 saturated heterocycles. The summed E-state index contributed by atoms with van der Waals surface area (Å²) >= 11 is 1.43. The van der Waals surface area contributed by atoms with Crippen LogP contribution in [0.1, 0.15) is 12.6 Å². The number of hydrogen-bond donors (Lipinski definition) is 3. The molecule has 3 atom stereocenters. The standard InChI is InChI=1S/C13H14N6O3S/c14-13-17-10(12-15-1-2-23-12)9-11(18-13)19(5-16-9)8-3-6(21)7(4-20)22-8/h1-2,5-8,20-21H,3-4H2,(H2,14,17,18)/t6-,7+,8+/m0/s1. The van der Waals surface area contributed by atoms with Crippen LogP contribution in [0.4, 0.5) is 5.95 Å². The number of nitrogens with two attached hydrogens (primary N) is 1. The Morgan fingerprint density at radius 1 is 1.39 bits per heavy atom. The number of anilines is 1. The fourth-order valence-electron chi connectivity index (χ4n) is 2.68. The van der Waals surface area contributed by atoms with Gasteiger partial charge in [-0.3, -0.25) is 4.57 Å². The average molecular weight is 334 g/mol. The van der Waals surface area contributed by atoms with Crippen LogP contribution in [-0.2, 0) is 4.74 Å². The molecule has 0 saturated carbocycles. The Hall–Kier alpha value is -2.14. The molecule has 0 aromatic carbocycles. The molecule has 120 valence electrons. The van der Waals surface area contributed by atoms with Gasteiger partial charge in [-0.15, -0.1) is 11.3 Å². The maximum atomic E-state index is 9.91. The number of nitrogens with zero attached hydrogens (tertiary/aromatic N) is 5. The van der Waals surface area contributed by atoms with Crippen LogP contribution < -0.4 is 5.73 Å². The van der Waals surface area contributed by atoms with Gasteiger partial charge in [-0.2, -0.15) is 4.98 Å². The molecule has 1 fully saturated rings. The second kappa shape index (κ2) is 5.49. The third-order valence-electron chi connectivity index (χ3n) is 3.77. The largest absolute Gasteiger partial charge is 0.394 e. The number of aliphatic hydroxyl groups excluding tert-OH is 2. The first kappa shape index (κ1) is 14.5. The Kier molecular flexibility index (Phi) is 3.45. The predicted octanol–water partition coefficient (Wildman–Crippen LogP) is 0.173. The van der Waals surface area contributed by atoms with Crippen LogP contribution in [0.25, 0.3) is 21.9 Å². The Balaban J connectivity index is 1.81. The summed E-state index contributed by atoms with van der Waals surface area (Å²) in [7, 11) is 0. The van der Waals surface area contributed by atoms with Crippen LogP contribution in [0.2, 0.25) is 0 Å². The maximum Gasteiger partial charge on any atom is 0.222 e. The van der Waals surface area contributed by atoms with Crippen LogP contribution in [0, 0.1) is 0 Å². The first-order valence-electron chi connectivity index (χ1n) is 7.01. The molecule has 3 aromatic rings. The van der Waals surface area contributed by atoms with E-state index in [0.717, 1.165) is 0 Å². The summed E-state index contributed by atoms with van der Waals surface area (Å²) in [6.45, 7) is -0.244. The van der Waals surface area contributed by atoms with Crippen molar-refractivity contribution in [3.8, 4) is 10.7 Å². The first-order valence-corrected chi connectivity index (χ1v) is 7.89. The van der Waals surface area contributed by atoms with Crippen LogP contribution in [0.15, 0.2) is 17.9 Å². The van der Waals surface area contributed by atoms with Gasteiger partial charge < -0.3 is 20.7 Å². The minimum Gasteiger partial charge on any atom is -0.394 e. The molecule has 4 N–H and O–H groups in total. The van der Waals surface area contributed by atoms with E-state index in [1.165, 1.54) is 11.3 Å². The Morgan fingerprint density at radius 2 is 2.26 bits per heavy atom. The number of imidazole rings is 1. The Bertz CT molecular complexity index is 836. The highest BCUT2D eigenvalue weighted by molar-refractivity contribution is 7.13. The molecule has 3 aromatic heterocycles. The van der Waals surface area contributed by atoms with Crippen molar-refractivity contribution in [1.29, 1.82) is 0 Å². The van der Waals surface area contributed by atoms with E-state index < -0.39 is 18.4 Å². The van der Waals surface area contributed by atoms with Crippen molar-refractivity contribution in [2.45, 2.75) is 24.9 Å². The normalized spacial score (nSPS) is 24.5. The number of aromatic nitrogens is 5. The molecule has 0 amide bonds. The maximum absolute atomic E-state index is 9.91. The number of fused-ring (bicyclic) bond motifs is 1. The number of hydrogen-bond acceptors (Lipinski definition) is 9. The zero-order valence-corrected chi connectivity index (χ0v) is 12.7. The average Bonchev–Trinajstić information content (AvgIpc) is 3.24. The zero-order valence-electron chi connectivity index (χ0n) is 11.9. The first-order chi connectivity index (χ1) is 11.2. The summed E-state index contributed by atoms with van der Waals surface area (Å²) in [5, 5.41) is 21.7. The topological polar surface area (TPSA) is 132 Å². The number of ether oxygens (including phenoxy) is 1. The van der Waals surface area contributed by atoms with Crippen molar-refractivity contribution in [3.05, 3.63) is 17.9 Å². The van der Waals surface area contributed by atoms with E-state index in [0.29, 0.717) is 28.3 Å². The van der Waals surface area contributed by atoms with Gasteiger partial charge in [-0.1, -0.05) is 0 Å². The quantitative estimate of drug-likeness (QED) is 0.617. The zero-order chi connectivity index (χ0) is 16.0. The summed E-state index contributed by atoms with van der Waals surface area (Å²) in [5.74, 6) is 0.113. The van der Waals surface area contributed by atoms with Crippen molar-refractivity contribution in [3.63, 3.8) is 0 Å². The lowest BCUT2D eigenvalue weighted by atomic mass is 10.2. The van der Waals surface area contributed by atoms with Gasteiger partial charge in [0.05, 0.1) is 19.0 Å². The molecular formula is C13H14N6O3S. The van der Waals surface area contributed by atoms with Gasteiger partial charge in [0.15, 0.2) is 5.65 Å². The van der Waals surface area contributed by atoms with Crippen molar-refractivity contribution in [1.82, 2.24) is 24.5 Å². The molecule has 0 spiro atoms. The van der Waals surface area contributed by atoms with E-state index in [4.69, 9.17) is 10.5 Å². The molecule has 4 rings (SSSR count). The van der Waals surface area contributed by atoms with E-state index >= 15 is 0 Å². The lowest BCUT2D eigenvalue weighted by molar-refractivity contribution is -0.0432. The van der Waals surface area contributed by atoms with E-state index in [-0.39, 0.29) is 12.6 Å². The lowest BCUT2D eigenvalue weighted by Gasteiger charge is -2.13. The van der Waals surface area contributed by atoms with Crippen LogP contribution in [-0.4, -0.2) is 53.5 Å². The highest BCUT2D eigenvalue weighted by atomic mass is 32.1. The van der Waals surface area contributed by atoms with Crippen molar-refractivity contribution < 1.29 is 14.9 Å². The Labute approximate surface area is 134 Å². The highest BCUT2D eigenvalue weighted by Gasteiger charge is 2.35. The molecule has 23 heavy (non-hydrogen) atoms. The molecule has 0 unspecified atom stereocenters. The highest BCUT2D eigenvalue weighted by Crippen LogP contribution is 2.33. The molecule has 0 bridgehead atoms. The molecule has 9 nitrogen and oxygen atoms in total. The summed E-state index contributed by atoms with van der Waals surface area (Å²) in [5.41, 5.74) is 7.47. The summed E-state index contributed by atoms with van der Waals surface area (Å²) in [6.07, 6.45) is 1.78. The molecular weight excluding hydrogens is 320 g/mol. The number of rotatable bonds is 3. The molecule has 0 aliphatic carbocycles. The molecule has 4 heterocycles. The summed E-state index contributed by atoms with van der Waals surface area (Å²) in [6, 6.07) is 0. The molecule has 0 radical (unpaired) electrons. The van der Waals surface area contributed by atoms with E-state index in [9.17, 15) is 10.2 Å². The number of aliphatic hydroxyl groups is 2. The molecule has 1 aliphatic rings. The van der Waals surface area contributed by atoms with Gasteiger partial charge in [-0.05, 0) is 0 Å². The monoisotopic (exact) mass is 334 g/mol. The smallest absolute Gasteiger partial charge is 0.222 e. The second-order valence-electron chi connectivity index (χ2n) is 5.21. The third kappa shape index (κ3) is 2.36. The van der Waals surface area contributed by atoms with Gasteiger partial charge in [0.1, 0.15) is 28.6 Å². The minimum absolute atomic E-state index is 0.113.